The summed E-state index contributed by atoms with van der Waals surface area (Å²) >= 11 is 0. The second-order valence-electron chi connectivity index (χ2n) is 4.91. The Balaban J connectivity index is 3.26. The first-order chi connectivity index (χ1) is 8.41. The van der Waals surface area contributed by atoms with E-state index in [4.69, 9.17) is 14.2 Å². The molecule has 99 valence electrons. The van der Waals surface area contributed by atoms with Crippen molar-refractivity contribution in [3.8, 4) is 28.7 Å². The van der Waals surface area contributed by atoms with Gasteiger partial charge in [0.1, 0.15) is 0 Å². The minimum atomic E-state index is -1.39. The third kappa shape index (κ3) is 3.71. The van der Waals surface area contributed by atoms with Crippen LogP contribution in [0.4, 0.5) is 0 Å². The van der Waals surface area contributed by atoms with Gasteiger partial charge in [-0.15, -0.1) is 5.92 Å². The van der Waals surface area contributed by atoms with Crippen LogP contribution in [0.2, 0.25) is 19.6 Å². The molecule has 1 aromatic rings. The quantitative estimate of drug-likeness (QED) is 0.620. The van der Waals surface area contributed by atoms with Crippen molar-refractivity contribution in [2.24, 2.45) is 0 Å². The molecule has 18 heavy (non-hydrogen) atoms. The number of hydrogen-bond acceptors (Lipinski definition) is 3. The molecule has 1 rings (SSSR count). The zero-order valence-corrected chi connectivity index (χ0v) is 12.9. The molecule has 0 amide bonds. The molecule has 0 heterocycles. The van der Waals surface area contributed by atoms with Gasteiger partial charge in [-0.3, -0.25) is 5.54 Å². The Morgan fingerprint density at radius 2 is 1.39 bits per heavy atom. The highest BCUT2D eigenvalue weighted by Gasteiger charge is 2.12. The number of hydrogen-bond donors (Lipinski definition) is 0. The number of methoxy groups -OCH3 is 3. The van der Waals surface area contributed by atoms with Gasteiger partial charge < -0.3 is 14.2 Å². The summed E-state index contributed by atoms with van der Waals surface area (Å²) in [6, 6.07) is 3.74. The smallest absolute Gasteiger partial charge is 0.203 e. The highest BCUT2D eigenvalue weighted by Crippen LogP contribution is 2.37. The summed E-state index contributed by atoms with van der Waals surface area (Å²) in [5, 5.41) is 0. The van der Waals surface area contributed by atoms with Crippen LogP contribution in [0.3, 0.4) is 0 Å². The van der Waals surface area contributed by atoms with E-state index in [-0.39, 0.29) is 0 Å². The predicted octanol–water partition coefficient (Wildman–Crippen LogP) is 2.94. The fraction of sp³-hybridized carbons (Fsp3) is 0.429. The van der Waals surface area contributed by atoms with Crippen LogP contribution in [0.25, 0.3) is 0 Å². The molecule has 0 aliphatic carbocycles. The van der Waals surface area contributed by atoms with E-state index in [0.717, 1.165) is 5.56 Å². The predicted molar refractivity (Wildman–Crippen MR) is 76.3 cm³/mol. The topological polar surface area (TPSA) is 27.7 Å². The molecule has 0 saturated heterocycles. The summed E-state index contributed by atoms with van der Waals surface area (Å²) < 4.78 is 15.8. The molecule has 4 heteroatoms. The molecule has 0 unspecified atom stereocenters. The summed E-state index contributed by atoms with van der Waals surface area (Å²) in [5.41, 5.74) is 4.20. The lowest BCUT2D eigenvalue weighted by Crippen LogP contribution is -2.16. The van der Waals surface area contributed by atoms with Gasteiger partial charge in [0.25, 0.3) is 0 Å². The van der Waals surface area contributed by atoms with E-state index in [2.05, 4.69) is 31.1 Å². The summed E-state index contributed by atoms with van der Waals surface area (Å²) in [6.45, 7) is 6.62. The first-order valence-corrected chi connectivity index (χ1v) is 9.24. The van der Waals surface area contributed by atoms with E-state index < -0.39 is 8.07 Å². The van der Waals surface area contributed by atoms with Crippen molar-refractivity contribution in [3.05, 3.63) is 17.7 Å². The number of benzene rings is 1. The molecule has 3 nitrogen and oxygen atoms in total. The van der Waals surface area contributed by atoms with Crippen LogP contribution in [-0.2, 0) is 0 Å². The van der Waals surface area contributed by atoms with Gasteiger partial charge >= 0.3 is 0 Å². The molecule has 0 aliphatic rings. The summed E-state index contributed by atoms with van der Waals surface area (Å²) in [4.78, 5) is 0. The lowest BCUT2D eigenvalue weighted by Gasteiger charge is -2.18. The average molecular weight is 264 g/mol. The first-order valence-electron chi connectivity index (χ1n) is 5.74. The first kappa shape index (κ1) is 14.5. The van der Waals surface area contributed by atoms with Crippen LogP contribution in [0.1, 0.15) is 5.56 Å². The molecule has 0 saturated carbocycles. The Bertz CT molecular complexity index is 453. The Labute approximate surface area is 110 Å². The Morgan fingerprint density at radius 3 is 1.72 bits per heavy atom. The van der Waals surface area contributed by atoms with Crippen molar-refractivity contribution in [1.29, 1.82) is 0 Å². The van der Waals surface area contributed by atoms with Crippen molar-refractivity contribution >= 4 is 8.07 Å². The van der Waals surface area contributed by atoms with Crippen LogP contribution in [-0.4, -0.2) is 29.4 Å². The van der Waals surface area contributed by atoms with Gasteiger partial charge in [0.15, 0.2) is 11.5 Å². The number of rotatable bonds is 3. The van der Waals surface area contributed by atoms with Crippen molar-refractivity contribution in [3.63, 3.8) is 0 Å². The van der Waals surface area contributed by atoms with Crippen molar-refractivity contribution < 1.29 is 14.2 Å². The minimum absolute atomic E-state index is 0.596. The third-order valence-corrected chi connectivity index (χ3v) is 3.12. The highest BCUT2D eigenvalue weighted by atomic mass is 28.3. The lowest BCUT2D eigenvalue weighted by molar-refractivity contribution is 0.324. The van der Waals surface area contributed by atoms with E-state index in [1.807, 2.05) is 12.1 Å². The molecule has 1 aromatic carbocycles. The van der Waals surface area contributed by atoms with Crippen molar-refractivity contribution in [1.82, 2.24) is 0 Å². The van der Waals surface area contributed by atoms with Crippen molar-refractivity contribution in [2.75, 3.05) is 21.3 Å². The second-order valence-corrected chi connectivity index (χ2v) is 9.66. The van der Waals surface area contributed by atoms with Gasteiger partial charge in [-0.1, -0.05) is 8.07 Å². The van der Waals surface area contributed by atoms with Crippen molar-refractivity contribution in [2.45, 2.75) is 19.6 Å². The van der Waals surface area contributed by atoms with E-state index in [1.165, 1.54) is 0 Å². The molecule has 0 N–H and O–H groups in total. The average Bonchev–Trinajstić information content (AvgIpc) is 2.33. The molecule has 0 bridgehead atoms. The highest BCUT2D eigenvalue weighted by molar-refractivity contribution is 6.83. The minimum Gasteiger partial charge on any atom is -0.493 e. The zero-order valence-electron chi connectivity index (χ0n) is 11.9. The van der Waals surface area contributed by atoms with E-state index in [0.29, 0.717) is 17.2 Å². The van der Waals surface area contributed by atoms with Gasteiger partial charge in [0.05, 0.1) is 21.3 Å². The Hall–Kier alpha value is -1.60. The maximum atomic E-state index is 5.29. The molecule has 0 fully saturated rings. The van der Waals surface area contributed by atoms with Gasteiger partial charge in [0.2, 0.25) is 5.75 Å². The lowest BCUT2D eigenvalue weighted by atomic mass is 10.2. The third-order valence-electron chi connectivity index (χ3n) is 2.25. The largest absolute Gasteiger partial charge is 0.493 e. The maximum absolute atomic E-state index is 5.29. The van der Waals surface area contributed by atoms with E-state index in [1.54, 1.807) is 21.3 Å². The SMILES string of the molecule is COc1cc(C#C[Si-](C)(C)C)cc(OC)c1OC. The number of ether oxygens (including phenoxy) is 3. The maximum Gasteiger partial charge on any atom is 0.203 e. The molecular weight excluding hydrogens is 244 g/mol. The molecular formula is C14H20O3Si-. The van der Waals surface area contributed by atoms with Gasteiger partial charge in [-0.25, -0.2) is 0 Å². The molecule has 0 radical (unpaired) electrons. The molecule has 0 aromatic heterocycles. The Kier molecular flexibility index (Phi) is 4.68. The molecule has 0 aliphatic heterocycles. The summed E-state index contributed by atoms with van der Waals surface area (Å²) in [7, 11) is 3.41. The fourth-order valence-electron chi connectivity index (χ4n) is 1.41. The van der Waals surface area contributed by atoms with Crippen LogP contribution < -0.4 is 14.2 Å². The van der Waals surface area contributed by atoms with Crippen LogP contribution >= 0.6 is 0 Å². The van der Waals surface area contributed by atoms with Crippen LogP contribution in [0.15, 0.2) is 12.1 Å². The van der Waals surface area contributed by atoms with Crippen LogP contribution in [0, 0.1) is 11.5 Å². The van der Waals surface area contributed by atoms with E-state index in [9.17, 15) is 0 Å². The second kappa shape index (κ2) is 5.83. The van der Waals surface area contributed by atoms with Gasteiger partial charge in [-0.2, -0.15) is 19.6 Å². The van der Waals surface area contributed by atoms with Gasteiger partial charge in [-0.05, 0) is 12.1 Å². The fourth-order valence-corrected chi connectivity index (χ4v) is 1.93. The summed E-state index contributed by atoms with van der Waals surface area (Å²) in [6.07, 6.45) is 0. The molecule has 0 spiro atoms. The normalized spacial score (nSPS) is 10.3. The standard InChI is InChI=1S/C14H20O3Si/c1-15-12-9-11(7-8-18(4,5)6)10-13(16-2)14(12)17-3/h9-10H,1-6H3/q-1. The zero-order chi connectivity index (χ0) is 13.8. The summed E-state index contributed by atoms with van der Waals surface area (Å²) in [5.74, 6) is 5.05. The monoisotopic (exact) mass is 264 g/mol. The van der Waals surface area contributed by atoms with Crippen LogP contribution in [0.5, 0.6) is 17.2 Å². The molecule has 0 atom stereocenters. The Morgan fingerprint density at radius 1 is 0.889 bits per heavy atom. The van der Waals surface area contributed by atoms with Gasteiger partial charge in [0, 0.05) is 5.56 Å². The van der Waals surface area contributed by atoms with E-state index >= 15 is 0 Å².